The number of rotatable bonds is 5. The maximum Gasteiger partial charge on any atom is 0.337 e. The van der Waals surface area contributed by atoms with Gasteiger partial charge in [-0.3, -0.25) is 5.43 Å². The zero-order valence-corrected chi connectivity index (χ0v) is 15.2. The van der Waals surface area contributed by atoms with Crippen LogP contribution in [0.4, 0.5) is 5.13 Å². The first-order valence-electron chi connectivity index (χ1n) is 8.16. The fourth-order valence-electron chi connectivity index (χ4n) is 2.57. The van der Waals surface area contributed by atoms with Crippen LogP contribution in [0.15, 0.2) is 70.2 Å². The monoisotopic (exact) mass is 377 g/mol. The fourth-order valence-corrected chi connectivity index (χ4v) is 3.38. The number of thiazole rings is 1. The Bertz CT molecular complexity index is 1100. The Kier molecular flexibility index (Phi) is 4.67. The largest absolute Gasteiger partial charge is 0.465 e. The normalized spacial score (nSPS) is 11.1. The van der Waals surface area contributed by atoms with E-state index in [1.807, 2.05) is 42.5 Å². The molecule has 0 fully saturated rings. The van der Waals surface area contributed by atoms with Gasteiger partial charge in [-0.2, -0.15) is 5.10 Å². The van der Waals surface area contributed by atoms with E-state index in [0.29, 0.717) is 22.2 Å². The number of para-hydroxylation sites is 1. The highest BCUT2D eigenvalue weighted by molar-refractivity contribution is 7.22. The van der Waals surface area contributed by atoms with E-state index in [1.54, 1.807) is 24.4 Å². The van der Waals surface area contributed by atoms with Gasteiger partial charge in [0.15, 0.2) is 0 Å². The van der Waals surface area contributed by atoms with Crippen molar-refractivity contribution in [2.45, 2.75) is 0 Å². The van der Waals surface area contributed by atoms with Crippen molar-refractivity contribution >= 4 is 38.9 Å². The van der Waals surface area contributed by atoms with Gasteiger partial charge >= 0.3 is 5.97 Å². The summed E-state index contributed by atoms with van der Waals surface area (Å²) < 4.78 is 11.6. The van der Waals surface area contributed by atoms with Crippen LogP contribution in [0.2, 0.25) is 0 Å². The van der Waals surface area contributed by atoms with Crippen LogP contribution in [-0.4, -0.2) is 24.3 Å². The molecule has 0 aliphatic heterocycles. The number of carbonyl (C=O) groups excluding carboxylic acids is 1. The molecule has 0 unspecified atom stereocenters. The molecule has 2 aromatic heterocycles. The number of nitrogens with zero attached hydrogens (tertiary/aromatic N) is 2. The molecule has 2 heterocycles. The Labute approximate surface area is 159 Å². The molecule has 0 atom stereocenters. The molecule has 0 amide bonds. The predicted molar refractivity (Wildman–Crippen MR) is 106 cm³/mol. The topological polar surface area (TPSA) is 76.7 Å². The second-order valence-electron chi connectivity index (χ2n) is 5.63. The van der Waals surface area contributed by atoms with Crippen LogP contribution in [0.5, 0.6) is 0 Å². The summed E-state index contributed by atoms with van der Waals surface area (Å²) >= 11 is 1.53. The molecule has 27 heavy (non-hydrogen) atoms. The molecular weight excluding hydrogens is 362 g/mol. The smallest absolute Gasteiger partial charge is 0.337 e. The third kappa shape index (κ3) is 3.73. The van der Waals surface area contributed by atoms with Crippen LogP contribution in [0.1, 0.15) is 16.1 Å². The molecule has 1 N–H and O–H groups in total. The number of hydrazone groups is 1. The van der Waals surface area contributed by atoms with Gasteiger partial charge in [0.1, 0.15) is 11.5 Å². The lowest BCUT2D eigenvalue weighted by Gasteiger charge is -2.01. The van der Waals surface area contributed by atoms with Crippen molar-refractivity contribution in [3.63, 3.8) is 0 Å². The molecule has 7 heteroatoms. The van der Waals surface area contributed by atoms with Crippen LogP contribution in [0, 0.1) is 0 Å². The minimum atomic E-state index is -0.384. The Hall–Kier alpha value is -3.45. The maximum absolute atomic E-state index is 11.7. The maximum atomic E-state index is 11.7. The first kappa shape index (κ1) is 17.0. The number of carbonyl (C=O) groups is 1. The molecule has 4 aromatic rings. The van der Waals surface area contributed by atoms with E-state index >= 15 is 0 Å². The van der Waals surface area contributed by atoms with Crippen molar-refractivity contribution in [3.05, 3.63) is 72.0 Å². The van der Waals surface area contributed by atoms with Crippen LogP contribution in [-0.2, 0) is 4.74 Å². The molecule has 0 saturated heterocycles. The molecule has 134 valence electrons. The lowest BCUT2D eigenvalue weighted by molar-refractivity contribution is 0.0601. The van der Waals surface area contributed by atoms with Crippen LogP contribution < -0.4 is 5.43 Å². The predicted octanol–water partition coefficient (Wildman–Crippen LogP) is 4.79. The molecule has 0 aliphatic carbocycles. The number of esters is 1. The summed E-state index contributed by atoms with van der Waals surface area (Å²) in [4.78, 5) is 16.1. The first-order chi connectivity index (χ1) is 13.2. The van der Waals surface area contributed by atoms with Gasteiger partial charge < -0.3 is 9.15 Å². The highest BCUT2D eigenvalue weighted by atomic mass is 32.1. The van der Waals surface area contributed by atoms with Gasteiger partial charge in [0, 0.05) is 5.56 Å². The second-order valence-corrected chi connectivity index (χ2v) is 6.66. The van der Waals surface area contributed by atoms with E-state index in [1.165, 1.54) is 18.4 Å². The Morgan fingerprint density at radius 1 is 1.19 bits per heavy atom. The van der Waals surface area contributed by atoms with Gasteiger partial charge in [0.2, 0.25) is 5.13 Å². The SMILES string of the molecule is COC(=O)c1cccc(-c2ccc(/C=N/Nc3nc4ccccc4s3)o2)c1. The Morgan fingerprint density at radius 2 is 2.07 bits per heavy atom. The molecule has 0 saturated carbocycles. The van der Waals surface area contributed by atoms with Crippen LogP contribution in [0.25, 0.3) is 21.5 Å². The first-order valence-corrected chi connectivity index (χ1v) is 8.98. The van der Waals surface area contributed by atoms with Gasteiger partial charge in [0.05, 0.1) is 29.1 Å². The van der Waals surface area contributed by atoms with Gasteiger partial charge in [0.25, 0.3) is 0 Å². The van der Waals surface area contributed by atoms with Crippen molar-refractivity contribution in [3.8, 4) is 11.3 Å². The number of benzene rings is 2. The van der Waals surface area contributed by atoms with Crippen molar-refractivity contribution in [2.24, 2.45) is 5.10 Å². The zero-order valence-electron chi connectivity index (χ0n) is 14.4. The molecule has 0 spiro atoms. The fraction of sp³-hybridized carbons (Fsp3) is 0.0500. The number of furan rings is 1. The van der Waals surface area contributed by atoms with E-state index in [4.69, 9.17) is 9.15 Å². The third-order valence-corrected chi connectivity index (χ3v) is 4.78. The molecule has 2 aromatic carbocycles. The minimum Gasteiger partial charge on any atom is -0.465 e. The Morgan fingerprint density at radius 3 is 2.93 bits per heavy atom. The summed E-state index contributed by atoms with van der Waals surface area (Å²) in [6, 6.07) is 18.6. The summed E-state index contributed by atoms with van der Waals surface area (Å²) in [7, 11) is 1.36. The number of hydrogen-bond acceptors (Lipinski definition) is 7. The van der Waals surface area contributed by atoms with Crippen molar-refractivity contribution < 1.29 is 13.9 Å². The Balaban J connectivity index is 1.47. The van der Waals surface area contributed by atoms with E-state index in [0.717, 1.165) is 15.8 Å². The number of aromatic nitrogens is 1. The van der Waals surface area contributed by atoms with E-state index in [-0.39, 0.29) is 5.97 Å². The number of ether oxygens (including phenoxy) is 1. The summed E-state index contributed by atoms with van der Waals surface area (Å²) in [5, 5.41) is 4.89. The summed E-state index contributed by atoms with van der Waals surface area (Å²) in [6.07, 6.45) is 1.58. The van der Waals surface area contributed by atoms with Crippen molar-refractivity contribution in [1.29, 1.82) is 0 Å². The molecule has 4 rings (SSSR count). The molecular formula is C20H15N3O3S. The summed E-state index contributed by atoms with van der Waals surface area (Å²) in [5.74, 6) is 0.842. The molecule has 0 bridgehead atoms. The molecule has 6 nitrogen and oxygen atoms in total. The lowest BCUT2D eigenvalue weighted by Crippen LogP contribution is -2.00. The number of anilines is 1. The second kappa shape index (κ2) is 7.43. The van der Waals surface area contributed by atoms with Crippen molar-refractivity contribution in [2.75, 3.05) is 12.5 Å². The summed E-state index contributed by atoms with van der Waals surface area (Å²) in [5.41, 5.74) is 5.12. The average Bonchev–Trinajstić information content (AvgIpc) is 3.34. The van der Waals surface area contributed by atoms with Gasteiger partial charge in [-0.05, 0) is 36.4 Å². The van der Waals surface area contributed by atoms with Gasteiger partial charge in [-0.25, -0.2) is 9.78 Å². The number of fused-ring (bicyclic) bond motifs is 1. The van der Waals surface area contributed by atoms with Crippen LogP contribution >= 0.6 is 11.3 Å². The minimum absolute atomic E-state index is 0.384. The number of hydrogen-bond donors (Lipinski definition) is 1. The van der Waals surface area contributed by atoms with Crippen molar-refractivity contribution in [1.82, 2.24) is 4.98 Å². The highest BCUT2D eigenvalue weighted by Gasteiger charge is 2.09. The van der Waals surface area contributed by atoms with Gasteiger partial charge in [-0.1, -0.05) is 35.6 Å². The lowest BCUT2D eigenvalue weighted by atomic mass is 10.1. The average molecular weight is 377 g/mol. The quantitative estimate of drug-likeness (QED) is 0.307. The standard InChI is InChI=1S/C20H15N3O3S/c1-25-19(24)14-6-4-5-13(11-14)17-10-9-15(26-17)12-21-23-20-22-16-7-2-3-8-18(16)27-20/h2-12H,1H3,(H,22,23)/b21-12+. The van der Waals surface area contributed by atoms with E-state index in [2.05, 4.69) is 15.5 Å². The number of nitrogens with one attached hydrogen (secondary N) is 1. The highest BCUT2D eigenvalue weighted by Crippen LogP contribution is 2.25. The van der Waals surface area contributed by atoms with E-state index < -0.39 is 0 Å². The number of methoxy groups -OCH3 is 1. The third-order valence-electron chi connectivity index (χ3n) is 3.84. The molecule has 0 aliphatic rings. The van der Waals surface area contributed by atoms with Gasteiger partial charge in [-0.15, -0.1) is 0 Å². The molecule has 0 radical (unpaired) electrons. The summed E-state index contributed by atoms with van der Waals surface area (Å²) in [6.45, 7) is 0. The van der Waals surface area contributed by atoms with Crippen LogP contribution in [0.3, 0.4) is 0 Å². The van der Waals surface area contributed by atoms with E-state index in [9.17, 15) is 4.79 Å². The zero-order chi connectivity index (χ0) is 18.6.